The van der Waals surface area contributed by atoms with Crippen molar-refractivity contribution < 1.29 is 30.0 Å². The lowest BCUT2D eigenvalue weighted by Crippen LogP contribution is -2.52. The molecule has 614 valence electrons. The van der Waals surface area contributed by atoms with Crippen LogP contribution in [0.1, 0.15) is 158 Å². The van der Waals surface area contributed by atoms with Crippen molar-refractivity contribution in [2.75, 3.05) is 223 Å². The number of likely N-dealkylation sites (tertiary alicyclic amines) is 4. The van der Waals surface area contributed by atoms with Gasteiger partial charge in [0.2, 0.25) is 5.91 Å². The number of carbonyl (C=O) groups is 2. The lowest BCUT2D eigenvalue weighted by Gasteiger charge is -2.35. The summed E-state index contributed by atoms with van der Waals surface area (Å²) in [4.78, 5) is 34.8. The summed E-state index contributed by atoms with van der Waals surface area (Å²) in [6.45, 7) is 42.9. The summed E-state index contributed by atoms with van der Waals surface area (Å²) >= 11 is 0. The van der Waals surface area contributed by atoms with E-state index in [1.54, 1.807) is 0 Å². The molecule has 0 radical (unpaired) electrons. The van der Waals surface area contributed by atoms with Crippen molar-refractivity contribution in [2.24, 2.45) is 35.0 Å². The van der Waals surface area contributed by atoms with Gasteiger partial charge in [0.15, 0.2) is 0 Å². The molecule has 14 atom stereocenters. The molecule has 4 aliphatic heterocycles. The first-order chi connectivity index (χ1) is 50.5. The van der Waals surface area contributed by atoms with Crippen LogP contribution in [0.5, 0.6) is 0 Å². The lowest BCUT2D eigenvalue weighted by atomic mass is 9.98. The number of nitrogens with one attached hydrogen (secondary N) is 15. The number of rotatable bonds is 71. The number of aliphatic carboxylic acids is 1. The van der Waals surface area contributed by atoms with Crippen LogP contribution >= 0.6 is 0 Å². The average Bonchev–Trinajstić information content (AvgIpc) is 1.70. The molecule has 0 aliphatic carbocycles. The molecule has 1 amide bonds. The number of likely N-dealkylation sites (N-methyl/N-ethyl adjacent to an activating group) is 1. The van der Waals surface area contributed by atoms with Gasteiger partial charge in [-0.15, -0.1) is 0 Å². The Bertz CT molecular complexity index is 2050. The van der Waals surface area contributed by atoms with E-state index in [-0.39, 0.29) is 86.9 Å². The summed E-state index contributed by atoms with van der Waals surface area (Å²) in [5.74, 6) is 0.542. The van der Waals surface area contributed by atoms with E-state index < -0.39 is 5.97 Å². The number of nitrogens with two attached hydrogens (primary N) is 3. The van der Waals surface area contributed by atoms with Crippen molar-refractivity contribution in [3.63, 3.8) is 0 Å². The van der Waals surface area contributed by atoms with Crippen molar-refractivity contribution in [1.29, 1.82) is 0 Å². The molecule has 0 saturated carbocycles. The Balaban J connectivity index is 1.08. The molecule has 0 aromatic carbocycles. The van der Waals surface area contributed by atoms with Gasteiger partial charge in [0, 0.05) is 255 Å². The third kappa shape index (κ3) is 43.0. The van der Waals surface area contributed by atoms with E-state index in [0.29, 0.717) is 100 Å². The zero-order chi connectivity index (χ0) is 75.4. The van der Waals surface area contributed by atoms with Gasteiger partial charge in [0.1, 0.15) is 0 Å². The zero-order valence-electron chi connectivity index (χ0n) is 66.9. The second-order valence-corrected chi connectivity index (χ2v) is 32.0. The third-order valence-corrected chi connectivity index (χ3v) is 22.3. The minimum atomic E-state index is -0.769. The number of nitrogens with zero attached hydrogens (tertiary/aromatic N) is 4. The predicted molar refractivity (Wildman–Crippen MR) is 430 cm³/mol. The monoisotopic (exact) mass is 1480 g/mol. The van der Waals surface area contributed by atoms with Crippen LogP contribution in [0.4, 0.5) is 0 Å². The molecule has 0 aromatic heterocycles. The van der Waals surface area contributed by atoms with Gasteiger partial charge in [-0.3, -0.25) is 29.2 Å². The number of unbranched alkanes of at least 4 members (excludes halogenated alkanes) is 1. The van der Waals surface area contributed by atoms with Crippen LogP contribution < -0.4 is 97.0 Å². The van der Waals surface area contributed by atoms with Crippen LogP contribution in [0.15, 0.2) is 0 Å². The molecule has 0 aromatic rings. The maximum Gasteiger partial charge on any atom is 0.303 e. The molecule has 104 heavy (non-hydrogen) atoms. The summed E-state index contributed by atoms with van der Waals surface area (Å²) < 4.78 is 0. The Morgan fingerprint density at radius 3 is 1.43 bits per heavy atom. The minimum Gasteiger partial charge on any atom is -0.481 e. The molecule has 0 unspecified atom stereocenters. The molecule has 4 heterocycles. The summed E-state index contributed by atoms with van der Waals surface area (Å²) in [6.07, 6.45) is 17.0. The maximum atomic E-state index is 12.3. The number of aliphatic hydroxyl groups excluding tert-OH is 3. The van der Waals surface area contributed by atoms with Crippen LogP contribution in [-0.2, 0) is 9.59 Å². The highest BCUT2D eigenvalue weighted by atomic mass is 16.4. The molecular formula is C76H164N22O6. The molecule has 28 heteroatoms. The summed E-state index contributed by atoms with van der Waals surface area (Å²) in [7, 11) is 0. The Hall–Kier alpha value is -2.02. The second kappa shape index (κ2) is 59.7. The highest BCUT2D eigenvalue weighted by Crippen LogP contribution is 2.27. The SMILES string of the molecule is CCN[C@H](CNCCN[C@H](CN[C@@H](CCC(=O)O)CNCCN[C@H](CN[C@@H](CCCCN)CN[C@H](CNCCNCCN1CCC[C@H]1CN[C@@H](CO)CN[C@@H](CO)CNCCNCCN1CCC[C@H]1CN1CCC[C@H]1CN1CCC[C@H]1CN[C@H](CN)CO)CC(N)=O)CC(C)C)[C@@H](C)CC)CC(C)C. The van der Waals surface area contributed by atoms with Gasteiger partial charge in [0.05, 0.1) is 19.8 Å². The standard InChI is InChI=1S/C76H164N22O6/c1-8-61(7)74(88-31-29-85-45-64(86-9-2)40-59(3)4)53-94-63(21-22-76(103)104)44-84-28-30-87-65(41-60(5)6)49-89-62(16-10-11-23-77)48-90-66(42-75(79)102)46-82-26-24-80-32-38-95-34-12-17-70(95)51-93-69(58-101)50-91-68(57-100)47-83-27-25-81-33-39-96-35-14-19-72(96)54-98-37-15-20-73(98)55-97-36-13-18-71(97)52-92-67(43-78)56-99/h59-74,80-94,99-101H,8-58,77-78H2,1-7H3,(H2,79,102)(H,103,104)/t61-,62-,63-,64-,65-,66-,67+,68+,69+,70-,71-,72-,73-,74+/m0/s1. The quantitative estimate of drug-likeness (QED) is 0.0292. The van der Waals surface area contributed by atoms with E-state index in [4.69, 9.17) is 17.2 Å². The molecule has 4 saturated heterocycles. The van der Waals surface area contributed by atoms with Crippen LogP contribution in [0.2, 0.25) is 0 Å². The van der Waals surface area contributed by atoms with E-state index in [9.17, 15) is 30.0 Å². The third-order valence-electron chi connectivity index (χ3n) is 22.3. The van der Waals surface area contributed by atoms with Crippen LogP contribution in [0, 0.1) is 17.8 Å². The molecule has 4 fully saturated rings. The largest absolute Gasteiger partial charge is 0.481 e. The van der Waals surface area contributed by atoms with Crippen molar-refractivity contribution >= 4 is 11.9 Å². The maximum absolute atomic E-state index is 12.3. The van der Waals surface area contributed by atoms with Crippen LogP contribution in [0.25, 0.3) is 0 Å². The Morgan fingerprint density at radius 1 is 0.442 bits per heavy atom. The number of hydrogen-bond donors (Lipinski definition) is 22. The van der Waals surface area contributed by atoms with Crippen molar-refractivity contribution in [3.8, 4) is 0 Å². The fraction of sp³-hybridized carbons (Fsp3) is 0.974. The molecule has 28 nitrogen and oxygen atoms in total. The van der Waals surface area contributed by atoms with Crippen molar-refractivity contribution in [2.45, 2.75) is 236 Å². The lowest BCUT2D eigenvalue weighted by molar-refractivity contribution is -0.137. The number of carboxylic acids is 1. The topological polar surface area (TPSA) is 387 Å². The second-order valence-electron chi connectivity index (χ2n) is 32.0. The zero-order valence-corrected chi connectivity index (χ0v) is 66.9. The first kappa shape index (κ1) is 94.4. The smallest absolute Gasteiger partial charge is 0.303 e. The molecular weight excluding hydrogens is 1320 g/mol. The van der Waals surface area contributed by atoms with E-state index in [1.807, 2.05) is 0 Å². The highest BCUT2D eigenvalue weighted by Gasteiger charge is 2.35. The van der Waals surface area contributed by atoms with E-state index >= 15 is 0 Å². The first-order valence-electron chi connectivity index (χ1n) is 42.0. The van der Waals surface area contributed by atoms with Gasteiger partial charge in [0.25, 0.3) is 0 Å². The van der Waals surface area contributed by atoms with E-state index in [2.05, 4.69) is 148 Å². The Labute approximate surface area is 632 Å². The van der Waals surface area contributed by atoms with Gasteiger partial charge in [-0.2, -0.15) is 0 Å². The van der Waals surface area contributed by atoms with Gasteiger partial charge >= 0.3 is 5.97 Å². The summed E-state index contributed by atoms with van der Waals surface area (Å²) in [6, 6.07) is 3.09. The van der Waals surface area contributed by atoms with Crippen molar-refractivity contribution in [3.05, 3.63) is 0 Å². The number of carbonyl (C=O) groups excluding carboxylic acids is 1. The summed E-state index contributed by atoms with van der Waals surface area (Å²) in [5.41, 5.74) is 17.6. The van der Waals surface area contributed by atoms with E-state index in [0.717, 1.165) is 182 Å². The summed E-state index contributed by atoms with van der Waals surface area (Å²) in [5, 5.41) is 94.7. The van der Waals surface area contributed by atoms with Gasteiger partial charge in [-0.05, 0) is 140 Å². The number of primary amides is 1. The van der Waals surface area contributed by atoms with Gasteiger partial charge in [-0.1, -0.05) is 61.3 Å². The number of carboxylic acid groups (broad SMARTS) is 1. The fourth-order valence-corrected chi connectivity index (χ4v) is 15.9. The number of hydrogen-bond acceptors (Lipinski definition) is 26. The highest BCUT2D eigenvalue weighted by molar-refractivity contribution is 5.74. The number of amides is 1. The molecule has 4 aliphatic rings. The van der Waals surface area contributed by atoms with Crippen LogP contribution in [0.3, 0.4) is 0 Å². The minimum absolute atomic E-state index is 0.0156. The normalized spacial score (nSPS) is 21.7. The first-order valence-corrected chi connectivity index (χ1v) is 42.0. The van der Waals surface area contributed by atoms with Crippen LogP contribution in [-0.4, -0.2) is 353 Å². The molecule has 0 spiro atoms. The Kier molecular flexibility index (Phi) is 54.2. The van der Waals surface area contributed by atoms with E-state index in [1.165, 1.54) is 64.7 Å². The number of aliphatic hydroxyl groups is 3. The fourth-order valence-electron chi connectivity index (χ4n) is 15.9. The molecule has 25 N–H and O–H groups in total. The van der Waals surface area contributed by atoms with Gasteiger partial charge < -0.3 is 117 Å². The molecule has 4 rings (SSSR count). The predicted octanol–water partition coefficient (Wildman–Crippen LogP) is -2.03. The average molecular weight is 1480 g/mol. The van der Waals surface area contributed by atoms with Crippen molar-refractivity contribution in [1.82, 2.24) is 99.4 Å². The molecule has 0 bridgehead atoms. The Morgan fingerprint density at radius 2 is 0.875 bits per heavy atom. The van der Waals surface area contributed by atoms with Gasteiger partial charge in [-0.25, -0.2) is 0 Å².